The zero-order valence-corrected chi connectivity index (χ0v) is 11.8. The van der Waals surface area contributed by atoms with Crippen LogP contribution in [0.2, 0.25) is 0 Å². The lowest BCUT2D eigenvalue weighted by Crippen LogP contribution is -2.40. The van der Waals surface area contributed by atoms with E-state index in [1.807, 2.05) is 25.1 Å². The smallest absolute Gasteiger partial charge is 0.322 e. The van der Waals surface area contributed by atoms with E-state index in [2.05, 4.69) is 11.0 Å². The molecule has 1 saturated carbocycles. The lowest BCUT2D eigenvalue weighted by molar-refractivity contribution is -0.146. The first-order valence-electron chi connectivity index (χ1n) is 6.62. The SMILES string of the molecule is COC(=O)C(C)N(Cc1cccc(OC)c1)C1CC1. The zero-order chi connectivity index (χ0) is 13.8. The number of nitrogens with zero attached hydrogens (tertiary/aromatic N) is 1. The number of ether oxygens (including phenoxy) is 2. The second kappa shape index (κ2) is 6.06. The minimum absolute atomic E-state index is 0.171. The first-order chi connectivity index (χ1) is 9.15. The third-order valence-electron chi connectivity index (χ3n) is 3.55. The number of hydrogen-bond donors (Lipinski definition) is 0. The molecule has 0 aliphatic heterocycles. The van der Waals surface area contributed by atoms with Crippen molar-refractivity contribution in [3.8, 4) is 5.75 Å². The van der Waals surface area contributed by atoms with Gasteiger partial charge in [-0.2, -0.15) is 0 Å². The van der Waals surface area contributed by atoms with Gasteiger partial charge in [-0.1, -0.05) is 12.1 Å². The Kier molecular flexibility index (Phi) is 4.43. The van der Waals surface area contributed by atoms with E-state index in [1.165, 1.54) is 7.11 Å². The van der Waals surface area contributed by atoms with Crippen molar-refractivity contribution in [2.75, 3.05) is 14.2 Å². The summed E-state index contributed by atoms with van der Waals surface area (Å²) in [5.41, 5.74) is 1.15. The molecule has 0 radical (unpaired) electrons. The molecule has 4 nitrogen and oxygen atoms in total. The molecule has 1 aromatic carbocycles. The molecule has 1 atom stereocenters. The summed E-state index contributed by atoms with van der Waals surface area (Å²) in [6.45, 7) is 2.66. The molecule has 0 aromatic heterocycles. The van der Waals surface area contributed by atoms with Gasteiger partial charge in [0.25, 0.3) is 0 Å². The van der Waals surface area contributed by atoms with Crippen LogP contribution in [0.4, 0.5) is 0 Å². The minimum atomic E-state index is -0.205. The minimum Gasteiger partial charge on any atom is -0.497 e. The van der Waals surface area contributed by atoms with Crippen LogP contribution in [0.1, 0.15) is 25.3 Å². The van der Waals surface area contributed by atoms with Gasteiger partial charge in [-0.25, -0.2) is 0 Å². The van der Waals surface area contributed by atoms with E-state index in [0.717, 1.165) is 30.7 Å². The van der Waals surface area contributed by atoms with Crippen molar-refractivity contribution in [2.45, 2.75) is 38.4 Å². The molecule has 0 saturated heterocycles. The van der Waals surface area contributed by atoms with Crippen LogP contribution in [0, 0.1) is 0 Å². The molecule has 104 valence electrons. The Labute approximate surface area is 114 Å². The summed E-state index contributed by atoms with van der Waals surface area (Å²) in [6, 6.07) is 8.27. The first kappa shape index (κ1) is 13.9. The number of esters is 1. The van der Waals surface area contributed by atoms with Crippen LogP contribution in [0.25, 0.3) is 0 Å². The van der Waals surface area contributed by atoms with E-state index in [1.54, 1.807) is 7.11 Å². The largest absolute Gasteiger partial charge is 0.497 e. The Morgan fingerprint density at radius 1 is 1.42 bits per heavy atom. The highest BCUT2D eigenvalue weighted by Gasteiger charge is 2.35. The molecule has 1 aromatic rings. The Balaban J connectivity index is 2.09. The number of carbonyl (C=O) groups excluding carboxylic acids is 1. The van der Waals surface area contributed by atoms with Crippen LogP contribution in [0.5, 0.6) is 5.75 Å². The van der Waals surface area contributed by atoms with Gasteiger partial charge in [0.1, 0.15) is 11.8 Å². The molecule has 0 spiro atoms. The van der Waals surface area contributed by atoms with E-state index in [0.29, 0.717) is 6.04 Å². The summed E-state index contributed by atoms with van der Waals surface area (Å²) < 4.78 is 10.1. The lowest BCUT2D eigenvalue weighted by Gasteiger charge is -2.27. The molecule has 4 heteroatoms. The van der Waals surface area contributed by atoms with Crippen molar-refractivity contribution in [2.24, 2.45) is 0 Å². The average Bonchev–Trinajstić information content (AvgIpc) is 3.28. The zero-order valence-electron chi connectivity index (χ0n) is 11.8. The highest BCUT2D eigenvalue weighted by molar-refractivity contribution is 5.75. The van der Waals surface area contributed by atoms with Crippen LogP contribution >= 0.6 is 0 Å². The van der Waals surface area contributed by atoms with Crippen molar-refractivity contribution >= 4 is 5.97 Å². The van der Waals surface area contributed by atoms with E-state index in [9.17, 15) is 4.79 Å². The summed E-state index contributed by atoms with van der Waals surface area (Å²) in [6.07, 6.45) is 2.32. The van der Waals surface area contributed by atoms with Gasteiger partial charge in [0.05, 0.1) is 14.2 Å². The highest BCUT2D eigenvalue weighted by Crippen LogP contribution is 2.30. The fourth-order valence-corrected chi connectivity index (χ4v) is 2.28. The van der Waals surface area contributed by atoms with Gasteiger partial charge in [0.15, 0.2) is 0 Å². The Morgan fingerprint density at radius 3 is 2.74 bits per heavy atom. The normalized spacial score (nSPS) is 16.2. The number of rotatable bonds is 6. The molecular formula is C15H21NO3. The van der Waals surface area contributed by atoms with Crippen molar-refractivity contribution < 1.29 is 14.3 Å². The monoisotopic (exact) mass is 263 g/mol. The molecule has 0 N–H and O–H groups in total. The summed E-state index contributed by atoms with van der Waals surface area (Å²) in [7, 11) is 3.10. The van der Waals surface area contributed by atoms with E-state index >= 15 is 0 Å². The summed E-state index contributed by atoms with van der Waals surface area (Å²) >= 11 is 0. The van der Waals surface area contributed by atoms with Gasteiger partial charge in [0.2, 0.25) is 0 Å². The molecule has 2 rings (SSSR count). The molecule has 1 unspecified atom stereocenters. The third-order valence-corrected chi connectivity index (χ3v) is 3.55. The van der Waals surface area contributed by atoms with Gasteiger partial charge in [-0.05, 0) is 37.5 Å². The molecule has 0 bridgehead atoms. The van der Waals surface area contributed by atoms with Crippen molar-refractivity contribution in [3.63, 3.8) is 0 Å². The van der Waals surface area contributed by atoms with Crippen molar-refractivity contribution in [1.29, 1.82) is 0 Å². The van der Waals surface area contributed by atoms with Gasteiger partial charge in [0, 0.05) is 12.6 Å². The van der Waals surface area contributed by atoms with Crippen LogP contribution in [-0.2, 0) is 16.1 Å². The number of methoxy groups -OCH3 is 2. The van der Waals surface area contributed by atoms with Gasteiger partial charge in [-0.15, -0.1) is 0 Å². The van der Waals surface area contributed by atoms with Crippen LogP contribution in [0.15, 0.2) is 24.3 Å². The molecule has 1 aliphatic rings. The average molecular weight is 263 g/mol. The van der Waals surface area contributed by atoms with E-state index in [-0.39, 0.29) is 12.0 Å². The Bertz CT molecular complexity index is 443. The molecule has 19 heavy (non-hydrogen) atoms. The predicted octanol–water partition coefficient (Wildman–Crippen LogP) is 2.22. The predicted molar refractivity (Wildman–Crippen MR) is 73.0 cm³/mol. The molecule has 1 aliphatic carbocycles. The fourth-order valence-electron chi connectivity index (χ4n) is 2.28. The standard InChI is InChI=1S/C15H21NO3/c1-11(15(17)19-3)16(13-7-8-13)10-12-5-4-6-14(9-12)18-2/h4-6,9,11,13H,7-8,10H2,1-3H3. The highest BCUT2D eigenvalue weighted by atomic mass is 16.5. The van der Waals surface area contributed by atoms with E-state index in [4.69, 9.17) is 9.47 Å². The maximum absolute atomic E-state index is 11.7. The summed E-state index contributed by atoms with van der Waals surface area (Å²) in [5.74, 6) is 0.675. The van der Waals surface area contributed by atoms with Crippen LogP contribution < -0.4 is 4.74 Å². The molecular weight excluding hydrogens is 242 g/mol. The van der Waals surface area contributed by atoms with E-state index < -0.39 is 0 Å². The van der Waals surface area contributed by atoms with Crippen LogP contribution in [-0.4, -0.2) is 37.2 Å². The number of hydrogen-bond acceptors (Lipinski definition) is 4. The van der Waals surface area contributed by atoms with Gasteiger partial charge < -0.3 is 9.47 Å². The molecule has 0 heterocycles. The second-order valence-electron chi connectivity index (χ2n) is 4.95. The first-order valence-corrected chi connectivity index (χ1v) is 6.62. The number of carbonyl (C=O) groups is 1. The van der Waals surface area contributed by atoms with Crippen molar-refractivity contribution in [3.05, 3.63) is 29.8 Å². The lowest BCUT2D eigenvalue weighted by atomic mass is 10.1. The van der Waals surface area contributed by atoms with Gasteiger partial charge in [-0.3, -0.25) is 9.69 Å². The molecule has 0 amide bonds. The molecule has 1 fully saturated rings. The van der Waals surface area contributed by atoms with Gasteiger partial charge >= 0.3 is 5.97 Å². The fraction of sp³-hybridized carbons (Fsp3) is 0.533. The summed E-state index contributed by atoms with van der Waals surface area (Å²) in [4.78, 5) is 13.9. The Hall–Kier alpha value is -1.55. The van der Waals surface area contributed by atoms with Crippen LogP contribution in [0.3, 0.4) is 0 Å². The maximum Gasteiger partial charge on any atom is 0.322 e. The number of benzene rings is 1. The van der Waals surface area contributed by atoms with Crippen molar-refractivity contribution in [1.82, 2.24) is 4.90 Å². The Morgan fingerprint density at radius 2 is 2.16 bits per heavy atom. The third kappa shape index (κ3) is 3.47. The second-order valence-corrected chi connectivity index (χ2v) is 4.95. The maximum atomic E-state index is 11.7. The summed E-state index contributed by atoms with van der Waals surface area (Å²) in [5, 5.41) is 0. The quantitative estimate of drug-likeness (QED) is 0.738. The topological polar surface area (TPSA) is 38.8 Å².